The van der Waals surface area contributed by atoms with E-state index >= 15 is 0 Å². The average Bonchev–Trinajstić information content (AvgIpc) is 3.11. The van der Waals surface area contributed by atoms with E-state index in [0.717, 1.165) is 22.4 Å². The Kier molecular flexibility index (Phi) is 5.95. The smallest absolute Gasteiger partial charge is 0.416 e. The molecule has 0 saturated heterocycles. The lowest BCUT2D eigenvalue weighted by Gasteiger charge is -2.10. The van der Waals surface area contributed by atoms with E-state index in [-0.39, 0.29) is 0 Å². The van der Waals surface area contributed by atoms with Gasteiger partial charge in [0.1, 0.15) is 17.9 Å². The van der Waals surface area contributed by atoms with Gasteiger partial charge in [0.15, 0.2) is 0 Å². The van der Waals surface area contributed by atoms with Gasteiger partial charge in [-0.1, -0.05) is 18.2 Å². The summed E-state index contributed by atoms with van der Waals surface area (Å²) >= 11 is 1.53. The Bertz CT molecular complexity index is 896. The molecule has 0 aliphatic rings. The van der Waals surface area contributed by atoms with Crippen LogP contribution in [0, 0.1) is 0 Å². The number of halogens is 3. The van der Waals surface area contributed by atoms with E-state index in [0.29, 0.717) is 31.0 Å². The minimum absolute atomic E-state index is 0.455. The van der Waals surface area contributed by atoms with Gasteiger partial charge in [-0.25, -0.2) is 9.97 Å². The number of anilines is 1. The third kappa shape index (κ3) is 5.19. The van der Waals surface area contributed by atoms with Crippen LogP contribution in [-0.2, 0) is 12.6 Å². The van der Waals surface area contributed by atoms with Crippen LogP contribution in [0.2, 0.25) is 0 Å². The number of rotatable bonds is 7. The van der Waals surface area contributed by atoms with E-state index in [9.17, 15) is 13.2 Å². The van der Waals surface area contributed by atoms with Crippen molar-refractivity contribution in [3.05, 3.63) is 59.2 Å². The fourth-order valence-electron chi connectivity index (χ4n) is 2.52. The van der Waals surface area contributed by atoms with E-state index < -0.39 is 11.7 Å². The Morgan fingerprint density at radius 1 is 1.15 bits per heavy atom. The number of hydrogen-bond acceptors (Lipinski definition) is 5. The highest BCUT2D eigenvalue weighted by molar-refractivity contribution is 7.13. The van der Waals surface area contributed by atoms with Crippen LogP contribution in [0.15, 0.2) is 48.1 Å². The minimum Gasteiger partial charge on any atom is -0.493 e. The second kappa shape index (κ2) is 8.39. The zero-order chi connectivity index (χ0) is 19.3. The fraction of sp³-hybridized carbons (Fsp3) is 0.263. The molecule has 2 heterocycles. The molecular formula is C19H18F3N3OS. The van der Waals surface area contributed by atoms with Crippen LogP contribution < -0.4 is 10.1 Å². The van der Waals surface area contributed by atoms with E-state index in [4.69, 9.17) is 4.74 Å². The maximum absolute atomic E-state index is 12.8. The number of aromatic nitrogens is 2. The van der Waals surface area contributed by atoms with Crippen molar-refractivity contribution >= 4 is 17.2 Å². The molecule has 0 fully saturated rings. The van der Waals surface area contributed by atoms with Crippen molar-refractivity contribution in [3.8, 4) is 16.3 Å². The number of alkyl halides is 3. The molecule has 0 aliphatic heterocycles. The molecule has 0 saturated carbocycles. The van der Waals surface area contributed by atoms with Crippen LogP contribution in [-0.4, -0.2) is 23.1 Å². The van der Waals surface area contributed by atoms with Gasteiger partial charge >= 0.3 is 6.18 Å². The van der Waals surface area contributed by atoms with E-state index in [1.54, 1.807) is 6.07 Å². The number of thiophene rings is 1. The summed E-state index contributed by atoms with van der Waals surface area (Å²) in [6.07, 6.45) is -2.41. The molecule has 2 aromatic heterocycles. The number of benzene rings is 1. The van der Waals surface area contributed by atoms with Gasteiger partial charge in [0.2, 0.25) is 0 Å². The van der Waals surface area contributed by atoms with Gasteiger partial charge in [0.25, 0.3) is 0 Å². The average molecular weight is 393 g/mol. The third-order valence-electron chi connectivity index (χ3n) is 3.78. The van der Waals surface area contributed by atoms with E-state index in [1.807, 2.05) is 24.4 Å². The molecule has 0 unspecified atom stereocenters. The van der Waals surface area contributed by atoms with Crippen LogP contribution in [0.1, 0.15) is 18.1 Å². The number of hydrogen-bond donors (Lipinski definition) is 1. The summed E-state index contributed by atoms with van der Waals surface area (Å²) in [5.74, 6) is 1.42. The SMILES string of the molecule is CCOc1csc(-c2cc(NCCc3cccc(C(F)(F)F)c3)ncn2)c1. The van der Waals surface area contributed by atoms with Gasteiger partial charge in [-0.05, 0) is 25.0 Å². The second-order valence-electron chi connectivity index (χ2n) is 5.74. The first-order valence-corrected chi connectivity index (χ1v) is 9.27. The fourth-order valence-corrected chi connectivity index (χ4v) is 3.32. The van der Waals surface area contributed by atoms with Crippen molar-refractivity contribution in [2.24, 2.45) is 0 Å². The van der Waals surface area contributed by atoms with Gasteiger partial charge in [-0.15, -0.1) is 11.3 Å². The molecule has 0 radical (unpaired) electrons. The lowest BCUT2D eigenvalue weighted by atomic mass is 10.1. The molecule has 142 valence electrons. The normalized spacial score (nSPS) is 11.4. The zero-order valence-electron chi connectivity index (χ0n) is 14.6. The van der Waals surface area contributed by atoms with Crippen LogP contribution in [0.4, 0.5) is 19.0 Å². The summed E-state index contributed by atoms with van der Waals surface area (Å²) < 4.78 is 43.8. The summed E-state index contributed by atoms with van der Waals surface area (Å²) in [6, 6.07) is 9.09. The maximum atomic E-state index is 12.8. The first-order chi connectivity index (χ1) is 13.0. The standard InChI is InChI=1S/C19H18F3N3OS/c1-2-26-15-9-17(27-11-15)16-10-18(25-12-24-16)23-7-6-13-4-3-5-14(8-13)19(20,21)22/h3-5,8-12H,2,6-7H2,1H3,(H,23,24,25). The van der Waals surface area contributed by atoms with Gasteiger partial charge in [-0.3, -0.25) is 0 Å². The Hall–Kier alpha value is -2.61. The van der Waals surface area contributed by atoms with E-state index in [2.05, 4.69) is 15.3 Å². The Balaban J connectivity index is 1.62. The lowest BCUT2D eigenvalue weighted by Crippen LogP contribution is -2.09. The molecule has 27 heavy (non-hydrogen) atoms. The highest BCUT2D eigenvalue weighted by Gasteiger charge is 2.30. The quantitative estimate of drug-likeness (QED) is 0.593. The minimum atomic E-state index is -4.33. The largest absolute Gasteiger partial charge is 0.493 e. The third-order valence-corrected chi connectivity index (χ3v) is 4.71. The summed E-state index contributed by atoms with van der Waals surface area (Å²) in [6.45, 7) is 2.99. The highest BCUT2D eigenvalue weighted by atomic mass is 32.1. The summed E-state index contributed by atoms with van der Waals surface area (Å²) in [5, 5.41) is 5.05. The molecule has 1 aromatic carbocycles. The molecule has 0 bridgehead atoms. The van der Waals surface area contributed by atoms with Crippen LogP contribution in [0.25, 0.3) is 10.6 Å². The number of nitrogens with zero attached hydrogens (tertiary/aromatic N) is 2. The predicted octanol–water partition coefficient (Wildman–Crippen LogP) is 5.28. The predicted molar refractivity (Wildman–Crippen MR) is 100 cm³/mol. The molecule has 3 aromatic rings. The molecule has 0 atom stereocenters. The van der Waals surface area contributed by atoms with Crippen molar-refractivity contribution in [3.63, 3.8) is 0 Å². The molecule has 0 aliphatic carbocycles. The molecular weight excluding hydrogens is 375 g/mol. The number of ether oxygens (including phenoxy) is 1. The molecule has 8 heteroatoms. The summed E-state index contributed by atoms with van der Waals surface area (Å²) in [5.41, 5.74) is 0.751. The first-order valence-electron chi connectivity index (χ1n) is 8.39. The zero-order valence-corrected chi connectivity index (χ0v) is 15.4. The second-order valence-corrected chi connectivity index (χ2v) is 6.65. The topological polar surface area (TPSA) is 47.0 Å². The Labute approximate surface area is 159 Å². The van der Waals surface area contributed by atoms with Gasteiger partial charge in [0.05, 0.1) is 22.7 Å². The first kappa shape index (κ1) is 19.2. The highest BCUT2D eigenvalue weighted by Crippen LogP contribution is 2.31. The molecule has 0 spiro atoms. The Morgan fingerprint density at radius 2 is 2.00 bits per heavy atom. The van der Waals surface area contributed by atoms with Crippen LogP contribution in [0.3, 0.4) is 0 Å². The van der Waals surface area contributed by atoms with E-state index in [1.165, 1.54) is 29.8 Å². The summed E-state index contributed by atoms with van der Waals surface area (Å²) in [7, 11) is 0. The molecule has 3 rings (SSSR count). The monoisotopic (exact) mass is 393 g/mol. The van der Waals surface area contributed by atoms with Gasteiger partial charge < -0.3 is 10.1 Å². The van der Waals surface area contributed by atoms with Gasteiger partial charge in [0, 0.05) is 24.1 Å². The summed E-state index contributed by atoms with van der Waals surface area (Å²) in [4.78, 5) is 9.39. The van der Waals surface area contributed by atoms with Crippen LogP contribution >= 0.6 is 11.3 Å². The van der Waals surface area contributed by atoms with Crippen molar-refractivity contribution in [1.29, 1.82) is 0 Å². The van der Waals surface area contributed by atoms with Crippen LogP contribution in [0.5, 0.6) is 5.75 Å². The maximum Gasteiger partial charge on any atom is 0.416 e. The lowest BCUT2D eigenvalue weighted by molar-refractivity contribution is -0.137. The molecule has 4 nitrogen and oxygen atoms in total. The van der Waals surface area contributed by atoms with Crippen molar-refractivity contribution in [2.75, 3.05) is 18.5 Å². The van der Waals surface area contributed by atoms with Crippen molar-refractivity contribution < 1.29 is 17.9 Å². The Morgan fingerprint density at radius 3 is 2.78 bits per heavy atom. The van der Waals surface area contributed by atoms with Crippen molar-refractivity contribution in [2.45, 2.75) is 19.5 Å². The molecule has 1 N–H and O–H groups in total. The molecule has 0 amide bonds. The van der Waals surface area contributed by atoms with Gasteiger partial charge in [-0.2, -0.15) is 13.2 Å². The number of nitrogens with one attached hydrogen (secondary N) is 1. The van der Waals surface area contributed by atoms with Crippen molar-refractivity contribution in [1.82, 2.24) is 9.97 Å².